The molecule has 3 aromatic rings. The highest BCUT2D eigenvalue weighted by Gasteiger charge is 2.43. The predicted molar refractivity (Wildman–Crippen MR) is 158 cm³/mol. The summed E-state index contributed by atoms with van der Waals surface area (Å²) in [5.74, 6) is -1.66. The molecular weight excluding hydrogens is 606 g/mol. The van der Waals surface area contributed by atoms with Crippen LogP contribution in [0.15, 0.2) is 88.2 Å². The molecule has 1 unspecified atom stereocenters. The monoisotopic (exact) mass is 637 g/mol. The van der Waals surface area contributed by atoms with Crippen molar-refractivity contribution in [3.8, 4) is 0 Å². The normalized spacial score (nSPS) is 17.1. The maximum Gasteiger partial charge on any atom is 0.269 e. The predicted octanol–water partition coefficient (Wildman–Crippen LogP) is 4.68. The quantitative estimate of drug-likeness (QED) is 0.367. The highest BCUT2D eigenvalue weighted by molar-refractivity contribution is 9.10. The Morgan fingerprint density at radius 1 is 0.902 bits per heavy atom. The minimum absolute atomic E-state index is 0.0224. The summed E-state index contributed by atoms with van der Waals surface area (Å²) >= 11 is 3.43. The zero-order valence-electron chi connectivity index (χ0n) is 22.5. The van der Waals surface area contributed by atoms with E-state index in [1.165, 1.54) is 17.0 Å². The lowest BCUT2D eigenvalue weighted by molar-refractivity contribution is -0.141. The van der Waals surface area contributed by atoms with Crippen LogP contribution in [0.4, 0.5) is 0 Å². The van der Waals surface area contributed by atoms with Gasteiger partial charge >= 0.3 is 0 Å². The van der Waals surface area contributed by atoms with Crippen molar-refractivity contribution < 1.29 is 22.8 Å². The molecule has 41 heavy (non-hydrogen) atoms. The van der Waals surface area contributed by atoms with Crippen LogP contribution in [-0.2, 0) is 32.6 Å². The summed E-state index contributed by atoms with van der Waals surface area (Å²) in [7, 11) is -4.20. The van der Waals surface area contributed by atoms with Crippen molar-refractivity contribution in [2.45, 2.75) is 62.0 Å². The van der Waals surface area contributed by atoms with Crippen molar-refractivity contribution in [2.75, 3.05) is 6.54 Å². The largest absolute Gasteiger partial charge is 0.352 e. The average Bonchev–Trinajstić information content (AvgIpc) is 3.17. The molecule has 1 heterocycles. The van der Waals surface area contributed by atoms with E-state index in [0.717, 1.165) is 47.7 Å². The standard InChI is InChI=1S/C31H32BrN3O5S/c32-24-17-15-23(16-18-24)20-34(29(36)21-35-31(38)26-13-7-8-14-28(26)41(35,39)40)27(19-22-9-3-1-4-10-22)30(37)33-25-11-5-2-6-12-25/h1,3-4,7-10,13-18,25,27H,2,5-6,11-12,19-21H2,(H,33,37). The van der Waals surface area contributed by atoms with Gasteiger partial charge in [-0.05, 0) is 48.2 Å². The first-order chi connectivity index (χ1) is 19.7. The van der Waals surface area contributed by atoms with E-state index in [-0.39, 0.29) is 35.4 Å². The Bertz CT molecular complexity index is 1520. The second-order valence-corrected chi connectivity index (χ2v) is 13.3. The first-order valence-corrected chi connectivity index (χ1v) is 16.0. The molecule has 2 aliphatic rings. The van der Waals surface area contributed by atoms with Gasteiger partial charge in [0.05, 0.1) is 5.56 Å². The Hall–Kier alpha value is -3.50. The molecule has 1 N–H and O–H groups in total. The molecule has 8 nitrogen and oxygen atoms in total. The Labute approximate surface area is 248 Å². The van der Waals surface area contributed by atoms with Gasteiger partial charge < -0.3 is 10.2 Å². The number of amides is 3. The molecule has 10 heteroatoms. The Morgan fingerprint density at radius 2 is 1.56 bits per heavy atom. The van der Waals surface area contributed by atoms with Gasteiger partial charge in [0.15, 0.2) is 0 Å². The molecule has 5 rings (SSSR count). The van der Waals surface area contributed by atoms with Gasteiger partial charge in [-0.25, -0.2) is 12.7 Å². The number of carbonyl (C=O) groups excluding carboxylic acids is 3. The molecule has 1 atom stereocenters. The molecule has 214 valence electrons. The van der Waals surface area contributed by atoms with Gasteiger partial charge in [0, 0.05) is 23.5 Å². The number of nitrogens with one attached hydrogen (secondary N) is 1. The molecule has 3 aromatic carbocycles. The van der Waals surface area contributed by atoms with Gasteiger partial charge in [-0.1, -0.05) is 89.8 Å². The molecular formula is C31H32BrN3O5S. The molecule has 0 radical (unpaired) electrons. The van der Waals surface area contributed by atoms with Gasteiger partial charge in [-0.3, -0.25) is 14.4 Å². The maximum atomic E-state index is 14.1. The van der Waals surface area contributed by atoms with E-state index in [4.69, 9.17) is 0 Å². The van der Waals surface area contributed by atoms with E-state index in [2.05, 4.69) is 21.2 Å². The summed E-state index contributed by atoms with van der Waals surface area (Å²) in [5, 5.41) is 3.16. The van der Waals surface area contributed by atoms with Crippen molar-refractivity contribution in [3.05, 3.63) is 100 Å². The second kappa shape index (κ2) is 12.6. The number of hydrogen-bond donors (Lipinski definition) is 1. The summed E-state index contributed by atoms with van der Waals surface area (Å²) < 4.78 is 28.0. The molecule has 0 saturated heterocycles. The summed E-state index contributed by atoms with van der Waals surface area (Å²) in [6.07, 6.45) is 5.19. The highest BCUT2D eigenvalue weighted by Crippen LogP contribution is 2.30. The van der Waals surface area contributed by atoms with Crippen LogP contribution in [0, 0.1) is 0 Å². The number of nitrogens with zero attached hydrogens (tertiary/aromatic N) is 2. The number of rotatable bonds is 9. The smallest absolute Gasteiger partial charge is 0.269 e. The summed E-state index contributed by atoms with van der Waals surface area (Å²) in [6.45, 7) is -0.634. The number of benzene rings is 3. The van der Waals surface area contributed by atoms with Crippen LogP contribution < -0.4 is 5.32 Å². The van der Waals surface area contributed by atoms with Crippen molar-refractivity contribution in [1.29, 1.82) is 0 Å². The van der Waals surface area contributed by atoms with E-state index >= 15 is 0 Å². The van der Waals surface area contributed by atoms with Gasteiger partial charge in [0.1, 0.15) is 17.5 Å². The van der Waals surface area contributed by atoms with E-state index < -0.39 is 34.4 Å². The number of hydrogen-bond acceptors (Lipinski definition) is 5. The molecule has 0 spiro atoms. The summed E-state index contributed by atoms with van der Waals surface area (Å²) in [6, 6.07) is 21.8. The van der Waals surface area contributed by atoms with E-state index in [1.807, 2.05) is 54.6 Å². The highest BCUT2D eigenvalue weighted by atomic mass is 79.9. The Kier molecular flexibility index (Phi) is 8.89. The fraction of sp³-hybridized carbons (Fsp3) is 0.323. The zero-order valence-corrected chi connectivity index (χ0v) is 24.9. The van der Waals surface area contributed by atoms with E-state index in [9.17, 15) is 22.8 Å². The van der Waals surface area contributed by atoms with Gasteiger partial charge in [-0.15, -0.1) is 0 Å². The van der Waals surface area contributed by atoms with Crippen LogP contribution in [0.2, 0.25) is 0 Å². The van der Waals surface area contributed by atoms with Crippen molar-refractivity contribution in [2.24, 2.45) is 0 Å². The molecule has 1 fully saturated rings. The summed E-state index contributed by atoms with van der Waals surface area (Å²) in [5.41, 5.74) is 1.67. The first kappa shape index (κ1) is 29.0. The van der Waals surface area contributed by atoms with Crippen molar-refractivity contribution in [1.82, 2.24) is 14.5 Å². The number of carbonyl (C=O) groups is 3. The van der Waals surface area contributed by atoms with Crippen LogP contribution in [0.1, 0.15) is 53.6 Å². The molecule has 1 aliphatic heterocycles. The fourth-order valence-corrected chi connectivity index (χ4v) is 7.27. The molecule has 1 aliphatic carbocycles. The average molecular weight is 639 g/mol. The first-order valence-electron chi connectivity index (χ1n) is 13.8. The SMILES string of the molecule is O=C(NC1CCCCC1)C(Cc1ccccc1)N(Cc1ccc(Br)cc1)C(=O)CN1C(=O)c2ccccc2S1(=O)=O. The van der Waals surface area contributed by atoms with Crippen molar-refractivity contribution >= 4 is 43.7 Å². The van der Waals surface area contributed by atoms with Crippen LogP contribution in [-0.4, -0.2) is 54.0 Å². The Balaban J connectivity index is 1.48. The molecule has 0 bridgehead atoms. The number of halogens is 1. The summed E-state index contributed by atoms with van der Waals surface area (Å²) in [4.78, 5) is 42.4. The van der Waals surface area contributed by atoms with Crippen LogP contribution in [0.25, 0.3) is 0 Å². The van der Waals surface area contributed by atoms with Gasteiger partial charge in [0.2, 0.25) is 11.8 Å². The third kappa shape index (κ3) is 6.54. The second-order valence-electron chi connectivity index (χ2n) is 10.5. The van der Waals surface area contributed by atoms with Crippen molar-refractivity contribution in [3.63, 3.8) is 0 Å². The topological polar surface area (TPSA) is 104 Å². The number of fused-ring (bicyclic) bond motifs is 1. The molecule has 1 saturated carbocycles. The lowest BCUT2D eigenvalue weighted by Gasteiger charge is -2.34. The van der Waals surface area contributed by atoms with E-state index in [0.29, 0.717) is 4.31 Å². The molecule has 3 amide bonds. The minimum atomic E-state index is -4.20. The zero-order chi connectivity index (χ0) is 29.0. The van der Waals surface area contributed by atoms with Crippen LogP contribution in [0.3, 0.4) is 0 Å². The van der Waals surface area contributed by atoms with Gasteiger partial charge in [-0.2, -0.15) is 0 Å². The lowest BCUT2D eigenvalue weighted by Crippen LogP contribution is -2.55. The van der Waals surface area contributed by atoms with Gasteiger partial charge in [0.25, 0.3) is 15.9 Å². The minimum Gasteiger partial charge on any atom is -0.352 e. The third-order valence-electron chi connectivity index (χ3n) is 7.68. The lowest BCUT2D eigenvalue weighted by atomic mass is 9.94. The molecule has 0 aromatic heterocycles. The Morgan fingerprint density at radius 3 is 2.24 bits per heavy atom. The van der Waals surface area contributed by atoms with E-state index in [1.54, 1.807) is 12.1 Å². The third-order valence-corrected chi connectivity index (χ3v) is 10.00. The van der Waals surface area contributed by atoms with Crippen LogP contribution >= 0.6 is 15.9 Å². The fourth-order valence-electron chi connectivity index (χ4n) is 5.49. The van der Waals surface area contributed by atoms with Crippen LogP contribution in [0.5, 0.6) is 0 Å². The number of sulfonamides is 1. The maximum absolute atomic E-state index is 14.1.